The van der Waals surface area contributed by atoms with E-state index in [1.807, 2.05) is 32.0 Å². The van der Waals surface area contributed by atoms with Crippen molar-refractivity contribution >= 4 is 10.0 Å². The molecule has 1 saturated heterocycles. The second kappa shape index (κ2) is 8.70. The van der Waals surface area contributed by atoms with Crippen molar-refractivity contribution < 1.29 is 12.9 Å². The Balaban J connectivity index is 1.50. The lowest BCUT2D eigenvalue weighted by Crippen LogP contribution is -2.39. The molecule has 1 aliphatic rings. The Bertz CT molecular complexity index is 1100. The topological polar surface area (TPSA) is 76.3 Å². The van der Waals surface area contributed by atoms with E-state index in [9.17, 15) is 8.42 Å². The van der Waals surface area contributed by atoms with E-state index < -0.39 is 10.0 Å². The fraction of sp³-hybridized carbons (Fsp3) is 0.391. The second-order valence-corrected chi connectivity index (χ2v) is 9.79. The number of nitrogens with zero attached hydrogens (tertiary/aromatic N) is 3. The van der Waals surface area contributed by atoms with Gasteiger partial charge < -0.3 is 4.52 Å². The van der Waals surface area contributed by atoms with Crippen LogP contribution in [0.5, 0.6) is 0 Å². The molecule has 3 aromatic rings. The van der Waals surface area contributed by atoms with Gasteiger partial charge in [0.15, 0.2) is 0 Å². The van der Waals surface area contributed by atoms with Crippen LogP contribution < -0.4 is 0 Å². The normalized spacial score (nSPS) is 16.1. The van der Waals surface area contributed by atoms with Gasteiger partial charge in [0.25, 0.3) is 0 Å². The molecule has 0 aliphatic carbocycles. The van der Waals surface area contributed by atoms with Gasteiger partial charge in [-0.05, 0) is 49.3 Å². The van der Waals surface area contributed by atoms with Crippen molar-refractivity contribution in [1.29, 1.82) is 0 Å². The summed E-state index contributed by atoms with van der Waals surface area (Å²) in [5.41, 5.74) is 2.69. The minimum Gasteiger partial charge on any atom is -0.339 e. The summed E-state index contributed by atoms with van der Waals surface area (Å²) in [5.74, 6) is 1.47. The molecule has 6 nitrogen and oxygen atoms in total. The molecular weight excluding hydrogens is 398 g/mol. The minimum atomic E-state index is -3.57. The fourth-order valence-electron chi connectivity index (χ4n) is 3.97. The van der Waals surface area contributed by atoms with Gasteiger partial charge in [-0.3, -0.25) is 0 Å². The van der Waals surface area contributed by atoms with Crippen LogP contribution in [0.4, 0.5) is 0 Å². The smallest absolute Gasteiger partial charge is 0.243 e. The summed E-state index contributed by atoms with van der Waals surface area (Å²) in [4.78, 5) is 4.65. The molecule has 0 N–H and O–H groups in total. The van der Waals surface area contributed by atoms with E-state index in [2.05, 4.69) is 34.4 Å². The van der Waals surface area contributed by atoms with Crippen LogP contribution >= 0.6 is 0 Å². The molecule has 0 unspecified atom stereocenters. The molecule has 0 saturated carbocycles. The van der Waals surface area contributed by atoms with Gasteiger partial charge in [0.1, 0.15) is 0 Å². The van der Waals surface area contributed by atoms with Crippen molar-refractivity contribution in [2.45, 2.75) is 44.4 Å². The third kappa shape index (κ3) is 4.32. The van der Waals surface area contributed by atoms with Gasteiger partial charge in [0.05, 0.1) is 4.90 Å². The van der Waals surface area contributed by atoms with Crippen LogP contribution in [0.3, 0.4) is 0 Å². The zero-order valence-electron chi connectivity index (χ0n) is 17.4. The molecule has 1 aromatic heterocycles. The molecule has 158 valence electrons. The van der Waals surface area contributed by atoms with Gasteiger partial charge >= 0.3 is 0 Å². The largest absolute Gasteiger partial charge is 0.339 e. The monoisotopic (exact) mass is 425 g/mol. The molecule has 4 rings (SSSR count). The Hall–Kier alpha value is -2.51. The number of rotatable bonds is 6. The van der Waals surface area contributed by atoms with Crippen LogP contribution in [0.25, 0.3) is 11.4 Å². The van der Waals surface area contributed by atoms with Crippen molar-refractivity contribution in [3.8, 4) is 11.4 Å². The van der Waals surface area contributed by atoms with Crippen molar-refractivity contribution in [1.82, 2.24) is 14.4 Å². The third-order valence-electron chi connectivity index (χ3n) is 5.78. The second-order valence-electron chi connectivity index (χ2n) is 7.88. The molecule has 1 fully saturated rings. The summed E-state index contributed by atoms with van der Waals surface area (Å²) in [5, 5.41) is 3.98. The molecular formula is C23H27N3O3S. The van der Waals surface area contributed by atoms with Crippen molar-refractivity contribution in [2.75, 3.05) is 13.1 Å². The maximum Gasteiger partial charge on any atom is 0.243 e. The van der Waals surface area contributed by atoms with Gasteiger partial charge in [0.2, 0.25) is 21.7 Å². The van der Waals surface area contributed by atoms with Crippen LogP contribution in [0.2, 0.25) is 0 Å². The lowest BCUT2D eigenvalue weighted by molar-refractivity contribution is 0.273. The van der Waals surface area contributed by atoms with Crippen LogP contribution in [0.1, 0.15) is 36.8 Å². The summed E-state index contributed by atoms with van der Waals surface area (Å²) in [6, 6.07) is 15.7. The van der Waals surface area contributed by atoms with Gasteiger partial charge in [-0.15, -0.1) is 0 Å². The maximum atomic E-state index is 13.4. The molecule has 0 radical (unpaired) electrons. The number of hydrogen-bond donors (Lipinski definition) is 0. The highest BCUT2D eigenvalue weighted by Gasteiger charge is 2.31. The number of benzene rings is 2. The van der Waals surface area contributed by atoms with Gasteiger partial charge in [0, 0.05) is 25.1 Å². The molecule has 2 heterocycles. The van der Waals surface area contributed by atoms with E-state index in [4.69, 9.17) is 4.52 Å². The Labute approximate surface area is 178 Å². The van der Waals surface area contributed by atoms with Crippen LogP contribution in [-0.2, 0) is 22.9 Å². The summed E-state index contributed by atoms with van der Waals surface area (Å²) in [6.07, 6.45) is 3.39. The SMILES string of the molecule is CCc1nc(-c2ccc(C)c(S(=O)(=O)N3CCC(Cc4ccccc4)CC3)c2)no1. The summed E-state index contributed by atoms with van der Waals surface area (Å²) >= 11 is 0. The number of hydrogen-bond acceptors (Lipinski definition) is 5. The van der Waals surface area contributed by atoms with Gasteiger partial charge in [-0.1, -0.05) is 54.5 Å². The molecule has 0 spiro atoms. The summed E-state index contributed by atoms with van der Waals surface area (Å²) in [6.45, 7) is 4.85. The summed E-state index contributed by atoms with van der Waals surface area (Å²) in [7, 11) is -3.57. The van der Waals surface area contributed by atoms with Crippen molar-refractivity contribution in [3.63, 3.8) is 0 Å². The van der Waals surface area contributed by atoms with Crippen LogP contribution in [0, 0.1) is 12.8 Å². The highest BCUT2D eigenvalue weighted by molar-refractivity contribution is 7.89. The highest BCUT2D eigenvalue weighted by Crippen LogP contribution is 2.30. The fourth-order valence-corrected chi connectivity index (χ4v) is 5.69. The molecule has 0 amide bonds. The first kappa shape index (κ1) is 20.8. The highest BCUT2D eigenvalue weighted by atomic mass is 32.2. The van der Waals surface area contributed by atoms with Crippen LogP contribution in [0.15, 0.2) is 57.9 Å². The molecule has 7 heteroatoms. The quantitative estimate of drug-likeness (QED) is 0.590. The lowest BCUT2D eigenvalue weighted by atomic mass is 9.91. The minimum absolute atomic E-state index is 0.323. The van der Waals surface area contributed by atoms with E-state index in [1.54, 1.807) is 10.4 Å². The average molecular weight is 426 g/mol. The first-order valence-electron chi connectivity index (χ1n) is 10.4. The lowest BCUT2D eigenvalue weighted by Gasteiger charge is -2.31. The first-order valence-corrected chi connectivity index (χ1v) is 11.9. The van der Waals surface area contributed by atoms with Crippen molar-refractivity contribution in [3.05, 3.63) is 65.5 Å². The molecule has 2 aromatic carbocycles. The number of aromatic nitrogens is 2. The molecule has 0 bridgehead atoms. The van der Waals surface area contributed by atoms with E-state index in [-0.39, 0.29) is 0 Å². The number of piperidine rings is 1. The standard InChI is InChI=1S/C23H27N3O3S/c1-3-22-24-23(25-29-22)20-10-9-17(2)21(16-20)30(27,28)26-13-11-19(12-14-26)15-18-7-5-4-6-8-18/h4-10,16,19H,3,11-15H2,1-2H3. The maximum absolute atomic E-state index is 13.4. The zero-order chi connectivity index (χ0) is 21.1. The van der Waals surface area contributed by atoms with E-state index in [0.717, 1.165) is 24.8 Å². The average Bonchev–Trinajstić information content (AvgIpc) is 3.24. The van der Waals surface area contributed by atoms with E-state index in [1.165, 1.54) is 5.56 Å². The van der Waals surface area contributed by atoms with Gasteiger partial charge in [-0.25, -0.2) is 8.42 Å². The van der Waals surface area contributed by atoms with Gasteiger partial charge in [-0.2, -0.15) is 9.29 Å². The third-order valence-corrected chi connectivity index (χ3v) is 7.82. The predicted octanol–water partition coefficient (Wildman–Crippen LogP) is 4.25. The number of sulfonamides is 1. The summed E-state index contributed by atoms with van der Waals surface area (Å²) < 4.78 is 33.6. The molecule has 30 heavy (non-hydrogen) atoms. The zero-order valence-corrected chi connectivity index (χ0v) is 18.2. The Morgan fingerprint density at radius 3 is 2.50 bits per heavy atom. The Morgan fingerprint density at radius 2 is 1.83 bits per heavy atom. The molecule has 1 aliphatic heterocycles. The first-order chi connectivity index (χ1) is 14.5. The van der Waals surface area contributed by atoms with Crippen molar-refractivity contribution in [2.24, 2.45) is 5.92 Å². The van der Waals surface area contributed by atoms with E-state index >= 15 is 0 Å². The Morgan fingerprint density at radius 1 is 1.10 bits per heavy atom. The molecule has 0 atom stereocenters. The van der Waals surface area contributed by atoms with E-state index in [0.29, 0.717) is 47.6 Å². The predicted molar refractivity (Wildman–Crippen MR) is 115 cm³/mol. The number of aryl methyl sites for hydroxylation is 2. The van der Waals surface area contributed by atoms with Crippen LogP contribution in [-0.4, -0.2) is 36.0 Å². The Kier molecular flexibility index (Phi) is 6.01.